The van der Waals surface area contributed by atoms with Gasteiger partial charge in [-0.15, -0.1) is 0 Å². The summed E-state index contributed by atoms with van der Waals surface area (Å²) in [6, 6.07) is 19.0. The zero-order chi connectivity index (χ0) is 17.6. The number of nitrogens with zero attached hydrogens (tertiary/aromatic N) is 2. The van der Waals surface area contributed by atoms with Crippen molar-refractivity contribution in [1.82, 2.24) is 10.3 Å². The molecule has 3 rings (SSSR count). The van der Waals surface area contributed by atoms with E-state index in [0.29, 0.717) is 5.11 Å². The number of nitrogens with one attached hydrogen (secondary N) is 1. The molecule has 0 bridgehead atoms. The summed E-state index contributed by atoms with van der Waals surface area (Å²) in [6.07, 6.45) is 4.16. The van der Waals surface area contributed by atoms with Gasteiger partial charge in [0.25, 0.3) is 0 Å². The second-order valence-corrected chi connectivity index (χ2v) is 6.47. The van der Waals surface area contributed by atoms with Crippen molar-refractivity contribution >= 4 is 45.1 Å². The van der Waals surface area contributed by atoms with Crippen LogP contribution in [0.1, 0.15) is 25.3 Å². The fourth-order valence-electron chi connectivity index (χ4n) is 2.87. The van der Waals surface area contributed by atoms with E-state index in [1.165, 1.54) is 21.5 Å². The highest BCUT2D eigenvalue weighted by atomic mass is 32.1. The topological polar surface area (TPSA) is 27.6 Å². The molecule has 0 aliphatic heterocycles. The van der Waals surface area contributed by atoms with Gasteiger partial charge in [0.05, 0.1) is 6.21 Å². The minimum absolute atomic E-state index is 0.647. The molecule has 1 N–H and O–H groups in total. The minimum atomic E-state index is 0.647. The standard InChI is InChI=1S/C21H23N3S/c1-3-4-13-22-21(25)24(2)23-15-20-18-11-7-5-9-16(18)14-17-10-6-8-12-19(17)20/h5-12,14-15H,3-4,13H2,1-2H3,(H,22,25)/b23-15+. The third-order valence-electron chi connectivity index (χ3n) is 4.27. The third kappa shape index (κ3) is 3.97. The lowest BCUT2D eigenvalue weighted by atomic mass is 9.97. The van der Waals surface area contributed by atoms with Gasteiger partial charge in [-0.2, -0.15) is 5.10 Å². The van der Waals surface area contributed by atoms with Crippen molar-refractivity contribution in [3.8, 4) is 0 Å². The number of rotatable bonds is 5. The summed E-state index contributed by atoms with van der Waals surface area (Å²) in [7, 11) is 1.88. The van der Waals surface area contributed by atoms with E-state index in [4.69, 9.17) is 12.2 Å². The molecule has 3 nitrogen and oxygen atoms in total. The Bertz CT molecular complexity index is 863. The molecule has 0 amide bonds. The normalized spacial score (nSPS) is 11.3. The molecule has 0 aromatic heterocycles. The maximum absolute atomic E-state index is 5.40. The first-order valence-corrected chi connectivity index (χ1v) is 9.07. The van der Waals surface area contributed by atoms with Gasteiger partial charge in [-0.05, 0) is 46.2 Å². The molecule has 3 aromatic carbocycles. The Morgan fingerprint density at radius 3 is 2.28 bits per heavy atom. The van der Waals surface area contributed by atoms with E-state index >= 15 is 0 Å². The molecule has 0 unspecified atom stereocenters. The van der Waals surface area contributed by atoms with Gasteiger partial charge < -0.3 is 5.32 Å². The van der Waals surface area contributed by atoms with E-state index in [1.54, 1.807) is 5.01 Å². The largest absolute Gasteiger partial charge is 0.361 e. The Kier molecular flexibility index (Phi) is 5.61. The second kappa shape index (κ2) is 8.08. The first kappa shape index (κ1) is 17.4. The molecule has 0 aliphatic carbocycles. The zero-order valence-corrected chi connectivity index (χ0v) is 15.5. The lowest BCUT2D eigenvalue weighted by molar-refractivity contribution is 0.530. The van der Waals surface area contributed by atoms with Gasteiger partial charge in [0.1, 0.15) is 0 Å². The van der Waals surface area contributed by atoms with Crippen LogP contribution in [0.3, 0.4) is 0 Å². The van der Waals surface area contributed by atoms with E-state index in [1.807, 2.05) is 13.3 Å². The number of hydrogen-bond donors (Lipinski definition) is 1. The Balaban J connectivity index is 1.95. The predicted molar refractivity (Wildman–Crippen MR) is 112 cm³/mol. The van der Waals surface area contributed by atoms with E-state index < -0.39 is 0 Å². The average molecular weight is 350 g/mol. The molecule has 0 spiro atoms. The molecule has 0 aliphatic rings. The molecule has 0 heterocycles. The van der Waals surface area contributed by atoms with Gasteiger partial charge in [0.2, 0.25) is 0 Å². The molecule has 0 saturated carbocycles. The van der Waals surface area contributed by atoms with Gasteiger partial charge in [0, 0.05) is 19.2 Å². The summed E-state index contributed by atoms with van der Waals surface area (Å²) in [4.78, 5) is 0. The molecule has 25 heavy (non-hydrogen) atoms. The number of hydrogen-bond acceptors (Lipinski definition) is 2. The zero-order valence-electron chi connectivity index (χ0n) is 14.7. The van der Waals surface area contributed by atoms with Crippen LogP contribution in [0, 0.1) is 0 Å². The second-order valence-electron chi connectivity index (χ2n) is 6.09. The van der Waals surface area contributed by atoms with E-state index in [-0.39, 0.29) is 0 Å². The molecule has 0 fully saturated rings. The Morgan fingerprint density at radius 1 is 1.08 bits per heavy atom. The van der Waals surface area contributed by atoms with Crippen molar-refractivity contribution < 1.29 is 0 Å². The highest BCUT2D eigenvalue weighted by molar-refractivity contribution is 7.80. The van der Waals surface area contributed by atoms with Crippen LogP contribution >= 0.6 is 12.2 Å². The number of hydrazone groups is 1. The highest BCUT2D eigenvalue weighted by Crippen LogP contribution is 2.27. The Hall–Kier alpha value is -2.46. The van der Waals surface area contributed by atoms with Crippen LogP contribution in [0.15, 0.2) is 59.7 Å². The number of benzene rings is 3. The molecule has 0 radical (unpaired) electrons. The first-order valence-electron chi connectivity index (χ1n) is 8.66. The molecular formula is C21H23N3S. The van der Waals surface area contributed by atoms with Gasteiger partial charge in [-0.3, -0.25) is 0 Å². The van der Waals surface area contributed by atoms with Crippen LogP contribution in [-0.4, -0.2) is 29.9 Å². The SMILES string of the molecule is CCCCNC(=S)N(C)/N=C/c1c2ccccc2cc2ccccc12. The van der Waals surface area contributed by atoms with Gasteiger partial charge >= 0.3 is 0 Å². The Labute approximate surface area is 154 Å². The lowest BCUT2D eigenvalue weighted by Gasteiger charge is -2.16. The van der Waals surface area contributed by atoms with Crippen molar-refractivity contribution in [1.29, 1.82) is 0 Å². The molecule has 128 valence electrons. The minimum Gasteiger partial charge on any atom is -0.361 e. The molecule has 3 aromatic rings. The summed E-state index contributed by atoms with van der Waals surface area (Å²) in [5.74, 6) is 0. The summed E-state index contributed by atoms with van der Waals surface area (Å²) in [5.41, 5.74) is 1.12. The molecular weight excluding hydrogens is 326 g/mol. The van der Waals surface area contributed by atoms with Crippen molar-refractivity contribution in [2.24, 2.45) is 5.10 Å². The van der Waals surface area contributed by atoms with Crippen LogP contribution in [-0.2, 0) is 0 Å². The number of fused-ring (bicyclic) bond motifs is 2. The number of unbranched alkanes of at least 4 members (excludes halogenated alkanes) is 1. The predicted octanol–water partition coefficient (Wildman–Crippen LogP) is 4.93. The summed E-state index contributed by atoms with van der Waals surface area (Å²) < 4.78 is 0. The van der Waals surface area contributed by atoms with Crippen LogP contribution in [0.25, 0.3) is 21.5 Å². The smallest absolute Gasteiger partial charge is 0.189 e. The maximum Gasteiger partial charge on any atom is 0.189 e. The fraction of sp³-hybridized carbons (Fsp3) is 0.238. The van der Waals surface area contributed by atoms with Crippen molar-refractivity contribution in [3.63, 3.8) is 0 Å². The van der Waals surface area contributed by atoms with Gasteiger partial charge in [-0.25, -0.2) is 5.01 Å². The van der Waals surface area contributed by atoms with E-state index in [2.05, 4.69) is 71.9 Å². The monoisotopic (exact) mass is 349 g/mol. The van der Waals surface area contributed by atoms with Crippen molar-refractivity contribution in [2.75, 3.05) is 13.6 Å². The summed E-state index contributed by atoms with van der Waals surface area (Å²) >= 11 is 5.40. The maximum atomic E-state index is 5.40. The van der Waals surface area contributed by atoms with Crippen molar-refractivity contribution in [2.45, 2.75) is 19.8 Å². The third-order valence-corrected chi connectivity index (χ3v) is 4.68. The molecule has 0 atom stereocenters. The lowest BCUT2D eigenvalue weighted by Crippen LogP contribution is -2.34. The van der Waals surface area contributed by atoms with Gasteiger partial charge in [-0.1, -0.05) is 61.9 Å². The first-order chi connectivity index (χ1) is 12.2. The van der Waals surface area contributed by atoms with E-state index in [9.17, 15) is 0 Å². The van der Waals surface area contributed by atoms with E-state index in [0.717, 1.165) is 24.9 Å². The fourth-order valence-corrected chi connectivity index (χ4v) is 3.02. The quantitative estimate of drug-likeness (QED) is 0.233. The van der Waals surface area contributed by atoms with Crippen molar-refractivity contribution in [3.05, 3.63) is 60.2 Å². The molecule has 0 saturated heterocycles. The summed E-state index contributed by atoms with van der Waals surface area (Å²) in [6.45, 7) is 3.05. The summed E-state index contributed by atoms with van der Waals surface area (Å²) in [5, 5.41) is 15.0. The van der Waals surface area contributed by atoms with Crippen LogP contribution < -0.4 is 5.32 Å². The average Bonchev–Trinajstić information content (AvgIpc) is 2.65. The van der Waals surface area contributed by atoms with Crippen LogP contribution in [0.5, 0.6) is 0 Å². The number of thiocarbonyl (C=S) groups is 1. The molecule has 4 heteroatoms. The van der Waals surface area contributed by atoms with Gasteiger partial charge in [0.15, 0.2) is 5.11 Å². The highest BCUT2D eigenvalue weighted by Gasteiger charge is 2.06. The Morgan fingerprint density at radius 2 is 1.68 bits per heavy atom. The van der Waals surface area contributed by atoms with Crippen LogP contribution in [0.4, 0.5) is 0 Å². The van der Waals surface area contributed by atoms with Crippen LogP contribution in [0.2, 0.25) is 0 Å².